The van der Waals surface area contributed by atoms with Crippen molar-refractivity contribution in [3.63, 3.8) is 0 Å². The number of imidazole rings is 1. The highest BCUT2D eigenvalue weighted by Crippen LogP contribution is 2.38. The van der Waals surface area contributed by atoms with Gasteiger partial charge in [0, 0.05) is 44.5 Å². The number of aromatic amines is 1. The first kappa shape index (κ1) is 13.9. The first-order valence-corrected chi connectivity index (χ1v) is 7.81. The second kappa shape index (κ2) is 5.16. The van der Waals surface area contributed by atoms with Gasteiger partial charge in [0.25, 0.3) is 0 Å². The van der Waals surface area contributed by atoms with Crippen molar-refractivity contribution in [3.8, 4) is 0 Å². The van der Waals surface area contributed by atoms with Gasteiger partial charge in [0.05, 0.1) is 16.7 Å². The van der Waals surface area contributed by atoms with Gasteiger partial charge in [-0.1, -0.05) is 30.3 Å². The number of nitrogens with one attached hydrogen (secondary N) is 1. The molecule has 2 aromatic carbocycles. The molecule has 116 valence electrons. The van der Waals surface area contributed by atoms with Crippen LogP contribution in [-0.2, 0) is 0 Å². The van der Waals surface area contributed by atoms with E-state index in [-0.39, 0.29) is 0 Å². The lowest BCUT2D eigenvalue weighted by molar-refractivity contribution is 0.590. The molecule has 1 aromatic heterocycles. The predicted molar refractivity (Wildman–Crippen MR) is 96.3 cm³/mol. The van der Waals surface area contributed by atoms with E-state index in [1.807, 2.05) is 18.2 Å². The van der Waals surface area contributed by atoms with Crippen LogP contribution in [0.5, 0.6) is 0 Å². The molecule has 0 bridgehead atoms. The average molecular weight is 304 g/mol. The van der Waals surface area contributed by atoms with Crippen molar-refractivity contribution in [1.29, 1.82) is 0 Å². The van der Waals surface area contributed by atoms with Crippen LogP contribution in [-0.4, -0.2) is 42.6 Å². The summed E-state index contributed by atoms with van der Waals surface area (Å²) in [5.41, 5.74) is 7.06. The summed E-state index contributed by atoms with van der Waals surface area (Å²) in [6.45, 7) is 0.838. The summed E-state index contributed by atoms with van der Waals surface area (Å²) >= 11 is 0. The summed E-state index contributed by atoms with van der Waals surface area (Å²) in [6, 6.07) is 16.7. The number of likely N-dealkylation sites (N-methyl/N-ethyl adjacent to an activating group) is 1. The van der Waals surface area contributed by atoms with E-state index in [0.29, 0.717) is 0 Å². The Labute approximate surface area is 136 Å². The Morgan fingerprint density at radius 3 is 2.57 bits per heavy atom. The standard InChI is InChI=1S/C19H20N4/c1-22(2)18-13-8-4-7-11-17(13)23(3)12-14(18)19-20-15-9-5-6-10-16(15)21-19/h4-11H,12H2,1-3H3,(H,20,21). The topological polar surface area (TPSA) is 35.2 Å². The highest BCUT2D eigenvalue weighted by Gasteiger charge is 2.25. The highest BCUT2D eigenvalue weighted by atomic mass is 15.2. The number of H-pyrrole nitrogens is 1. The Morgan fingerprint density at radius 2 is 1.78 bits per heavy atom. The third kappa shape index (κ3) is 2.18. The maximum atomic E-state index is 4.81. The molecule has 0 fully saturated rings. The van der Waals surface area contributed by atoms with Crippen molar-refractivity contribution in [2.24, 2.45) is 0 Å². The van der Waals surface area contributed by atoms with E-state index < -0.39 is 0 Å². The third-order valence-electron chi connectivity index (χ3n) is 4.37. The first-order valence-electron chi connectivity index (χ1n) is 7.81. The number of fused-ring (bicyclic) bond motifs is 2. The van der Waals surface area contributed by atoms with Crippen LogP contribution in [0.4, 0.5) is 5.69 Å². The summed E-state index contributed by atoms with van der Waals surface area (Å²) in [7, 11) is 6.33. The van der Waals surface area contributed by atoms with Crippen LogP contribution in [0.2, 0.25) is 0 Å². The van der Waals surface area contributed by atoms with Gasteiger partial charge in [0.2, 0.25) is 0 Å². The number of rotatable bonds is 2. The van der Waals surface area contributed by atoms with Gasteiger partial charge >= 0.3 is 0 Å². The third-order valence-corrected chi connectivity index (χ3v) is 4.37. The smallest absolute Gasteiger partial charge is 0.138 e. The quantitative estimate of drug-likeness (QED) is 0.787. The zero-order chi connectivity index (χ0) is 16.0. The SMILES string of the molecule is CN(C)C1=C(c2nc3ccccc3[nH]2)CN(C)c2ccccc21. The monoisotopic (exact) mass is 304 g/mol. The van der Waals surface area contributed by atoms with Crippen molar-refractivity contribution < 1.29 is 0 Å². The molecule has 0 saturated heterocycles. The van der Waals surface area contributed by atoms with Crippen LogP contribution < -0.4 is 4.90 Å². The summed E-state index contributed by atoms with van der Waals surface area (Å²) in [6.07, 6.45) is 0. The van der Waals surface area contributed by atoms with Gasteiger partial charge in [-0.15, -0.1) is 0 Å². The summed E-state index contributed by atoms with van der Waals surface area (Å²) in [5.74, 6) is 0.955. The highest BCUT2D eigenvalue weighted by molar-refractivity contribution is 5.97. The molecule has 1 aliphatic heterocycles. The molecule has 0 atom stereocenters. The van der Waals surface area contributed by atoms with Gasteiger partial charge in [-0.05, 0) is 18.2 Å². The predicted octanol–water partition coefficient (Wildman–Crippen LogP) is 3.44. The number of benzene rings is 2. The van der Waals surface area contributed by atoms with Gasteiger partial charge in [-0.2, -0.15) is 0 Å². The molecule has 0 amide bonds. The number of nitrogens with zero attached hydrogens (tertiary/aromatic N) is 3. The van der Waals surface area contributed by atoms with E-state index >= 15 is 0 Å². The van der Waals surface area contributed by atoms with Crippen molar-refractivity contribution in [1.82, 2.24) is 14.9 Å². The Morgan fingerprint density at radius 1 is 1.04 bits per heavy atom. The van der Waals surface area contributed by atoms with E-state index in [0.717, 1.165) is 23.4 Å². The van der Waals surface area contributed by atoms with Crippen molar-refractivity contribution >= 4 is 28.0 Å². The minimum absolute atomic E-state index is 0.838. The van der Waals surface area contributed by atoms with Crippen molar-refractivity contribution in [3.05, 3.63) is 59.9 Å². The molecule has 0 spiro atoms. The molecule has 4 rings (SSSR count). The first-order chi connectivity index (χ1) is 11.1. The Kier molecular flexibility index (Phi) is 3.11. The second-order valence-corrected chi connectivity index (χ2v) is 6.20. The number of aromatic nitrogens is 2. The van der Waals surface area contributed by atoms with Crippen LogP contribution in [0.3, 0.4) is 0 Å². The molecule has 1 N–H and O–H groups in total. The van der Waals surface area contributed by atoms with Gasteiger partial charge in [-0.3, -0.25) is 0 Å². The lowest BCUT2D eigenvalue weighted by atomic mass is 9.98. The molecule has 4 heteroatoms. The van der Waals surface area contributed by atoms with Crippen molar-refractivity contribution in [2.45, 2.75) is 0 Å². The molecule has 23 heavy (non-hydrogen) atoms. The van der Waals surface area contributed by atoms with Gasteiger partial charge in [-0.25, -0.2) is 4.98 Å². The van der Waals surface area contributed by atoms with Gasteiger partial charge in [0.15, 0.2) is 0 Å². The number of hydrogen-bond donors (Lipinski definition) is 1. The molecule has 3 aromatic rings. The molecule has 0 radical (unpaired) electrons. The largest absolute Gasteiger partial charge is 0.377 e. The van der Waals surface area contributed by atoms with E-state index in [1.54, 1.807) is 0 Å². The van der Waals surface area contributed by atoms with E-state index in [9.17, 15) is 0 Å². The lowest BCUT2D eigenvalue weighted by Gasteiger charge is -2.33. The van der Waals surface area contributed by atoms with E-state index in [4.69, 9.17) is 4.98 Å². The van der Waals surface area contributed by atoms with E-state index in [2.05, 4.69) is 66.3 Å². The van der Waals surface area contributed by atoms with Crippen LogP contribution in [0.25, 0.3) is 22.3 Å². The zero-order valence-corrected chi connectivity index (χ0v) is 13.7. The molecule has 1 aliphatic rings. The van der Waals surface area contributed by atoms with Crippen LogP contribution in [0.15, 0.2) is 48.5 Å². The summed E-state index contributed by atoms with van der Waals surface area (Å²) in [4.78, 5) is 12.8. The minimum Gasteiger partial charge on any atom is -0.377 e. The van der Waals surface area contributed by atoms with Gasteiger partial charge in [0.1, 0.15) is 5.82 Å². The molecule has 4 nitrogen and oxygen atoms in total. The Bertz CT molecular complexity index is 871. The summed E-state index contributed by atoms with van der Waals surface area (Å²) in [5, 5.41) is 0. The Balaban J connectivity index is 1.97. The number of para-hydroxylation sites is 3. The second-order valence-electron chi connectivity index (χ2n) is 6.20. The van der Waals surface area contributed by atoms with Crippen LogP contribution in [0, 0.1) is 0 Å². The normalized spacial score (nSPS) is 14.3. The molecule has 2 heterocycles. The molecular weight excluding hydrogens is 284 g/mol. The fourth-order valence-electron chi connectivity index (χ4n) is 3.36. The minimum atomic E-state index is 0.838. The van der Waals surface area contributed by atoms with Crippen LogP contribution in [0.1, 0.15) is 11.4 Å². The van der Waals surface area contributed by atoms with Crippen LogP contribution >= 0.6 is 0 Å². The molecule has 0 unspecified atom stereocenters. The summed E-state index contributed by atoms with van der Waals surface area (Å²) < 4.78 is 0. The molecular formula is C19H20N4. The fourth-order valence-corrected chi connectivity index (χ4v) is 3.36. The fraction of sp³-hybridized carbons (Fsp3) is 0.211. The average Bonchev–Trinajstić information content (AvgIpc) is 2.98. The maximum Gasteiger partial charge on any atom is 0.138 e. The Hall–Kier alpha value is -2.75. The molecule has 0 aliphatic carbocycles. The van der Waals surface area contributed by atoms with Gasteiger partial charge < -0.3 is 14.8 Å². The van der Waals surface area contributed by atoms with Crippen molar-refractivity contribution in [2.75, 3.05) is 32.6 Å². The maximum absolute atomic E-state index is 4.81. The lowest BCUT2D eigenvalue weighted by Crippen LogP contribution is -2.29. The molecule has 0 saturated carbocycles. The number of hydrogen-bond acceptors (Lipinski definition) is 3. The zero-order valence-electron chi connectivity index (χ0n) is 13.7. The van der Waals surface area contributed by atoms with E-state index in [1.165, 1.54) is 22.5 Å². The number of anilines is 1.